The Balaban J connectivity index is 1.66. The van der Waals surface area contributed by atoms with E-state index in [4.69, 9.17) is 4.74 Å². The molecule has 0 saturated carbocycles. The molecule has 0 radical (unpaired) electrons. The van der Waals surface area contributed by atoms with E-state index >= 15 is 0 Å². The van der Waals surface area contributed by atoms with E-state index in [2.05, 4.69) is 11.8 Å². The van der Waals surface area contributed by atoms with Crippen molar-refractivity contribution in [3.8, 4) is 5.75 Å². The fraction of sp³-hybridized carbons (Fsp3) is 0.562. The van der Waals surface area contributed by atoms with Gasteiger partial charge in [-0.25, -0.2) is 0 Å². The normalized spacial score (nSPS) is 20.2. The van der Waals surface area contributed by atoms with Gasteiger partial charge < -0.3 is 9.64 Å². The van der Waals surface area contributed by atoms with Gasteiger partial charge in [0, 0.05) is 18.2 Å². The summed E-state index contributed by atoms with van der Waals surface area (Å²) in [5.41, 5.74) is 0.689. The average Bonchev–Trinajstić information content (AvgIpc) is 2.46. The summed E-state index contributed by atoms with van der Waals surface area (Å²) in [6, 6.07) is 8.01. The molecule has 2 rings (SSSR count). The summed E-state index contributed by atoms with van der Waals surface area (Å²) in [6.07, 6.45) is 5.94. The highest BCUT2D eigenvalue weighted by molar-refractivity contribution is 5.74. The first-order chi connectivity index (χ1) is 9.29. The van der Waals surface area contributed by atoms with Crippen LogP contribution < -0.4 is 4.74 Å². The smallest absolute Gasteiger partial charge is 0.150 e. The van der Waals surface area contributed by atoms with Crippen LogP contribution in [0.4, 0.5) is 0 Å². The number of carbonyl (C=O) groups is 1. The lowest BCUT2D eigenvalue weighted by molar-refractivity contribution is 0.112. The first-order valence-electron chi connectivity index (χ1n) is 7.21. The van der Waals surface area contributed by atoms with Gasteiger partial charge in [-0.15, -0.1) is 0 Å². The monoisotopic (exact) mass is 261 g/mol. The van der Waals surface area contributed by atoms with Crippen LogP contribution in [0.1, 0.15) is 43.0 Å². The Morgan fingerprint density at radius 1 is 1.32 bits per heavy atom. The van der Waals surface area contributed by atoms with Gasteiger partial charge in [-0.05, 0) is 57.0 Å². The number of aldehydes is 1. The van der Waals surface area contributed by atoms with Crippen molar-refractivity contribution < 1.29 is 9.53 Å². The fourth-order valence-corrected chi connectivity index (χ4v) is 2.59. The maximum Gasteiger partial charge on any atom is 0.150 e. The molecule has 19 heavy (non-hydrogen) atoms. The topological polar surface area (TPSA) is 29.5 Å². The average molecular weight is 261 g/mol. The highest BCUT2D eigenvalue weighted by Gasteiger charge is 2.17. The molecule has 1 fully saturated rings. The number of likely N-dealkylation sites (tertiary alicyclic amines) is 1. The minimum absolute atomic E-state index is 0.689. The predicted octanol–water partition coefficient (Wildman–Crippen LogP) is 3.14. The zero-order chi connectivity index (χ0) is 13.5. The quantitative estimate of drug-likeness (QED) is 0.582. The summed E-state index contributed by atoms with van der Waals surface area (Å²) in [6.45, 7) is 5.41. The lowest BCUT2D eigenvalue weighted by Crippen LogP contribution is -2.38. The Hall–Kier alpha value is -1.35. The molecule has 1 atom stereocenters. The van der Waals surface area contributed by atoms with Crippen LogP contribution in [0.15, 0.2) is 24.3 Å². The second-order valence-electron chi connectivity index (χ2n) is 5.27. The van der Waals surface area contributed by atoms with Crippen LogP contribution >= 0.6 is 0 Å². The Bertz CT molecular complexity index is 388. The SMILES string of the molecule is CC1CCCCN1CCCOc1ccc(C=O)cc1. The Morgan fingerprint density at radius 3 is 2.79 bits per heavy atom. The van der Waals surface area contributed by atoms with Crippen molar-refractivity contribution in [1.82, 2.24) is 4.90 Å². The first kappa shape index (κ1) is 14.1. The summed E-state index contributed by atoms with van der Waals surface area (Å²) in [5, 5.41) is 0. The van der Waals surface area contributed by atoms with Crippen molar-refractivity contribution in [2.45, 2.75) is 38.6 Å². The van der Waals surface area contributed by atoms with E-state index in [1.54, 1.807) is 12.1 Å². The van der Waals surface area contributed by atoms with Gasteiger partial charge in [0.2, 0.25) is 0 Å². The van der Waals surface area contributed by atoms with Crippen molar-refractivity contribution in [2.75, 3.05) is 19.7 Å². The zero-order valence-corrected chi connectivity index (χ0v) is 11.7. The molecule has 0 aliphatic carbocycles. The van der Waals surface area contributed by atoms with Crippen molar-refractivity contribution in [1.29, 1.82) is 0 Å². The molecule has 1 aromatic carbocycles. The van der Waals surface area contributed by atoms with Gasteiger partial charge >= 0.3 is 0 Å². The second-order valence-corrected chi connectivity index (χ2v) is 5.27. The van der Waals surface area contributed by atoms with Gasteiger partial charge in [0.05, 0.1) is 6.61 Å². The number of carbonyl (C=O) groups excluding carboxylic acids is 1. The van der Waals surface area contributed by atoms with Gasteiger partial charge in [0.1, 0.15) is 12.0 Å². The number of hydrogen-bond acceptors (Lipinski definition) is 3. The molecule has 1 unspecified atom stereocenters. The van der Waals surface area contributed by atoms with Crippen molar-refractivity contribution >= 4 is 6.29 Å². The molecule has 0 amide bonds. The molecule has 1 aliphatic heterocycles. The van der Waals surface area contributed by atoms with Gasteiger partial charge in [0.15, 0.2) is 0 Å². The highest BCUT2D eigenvalue weighted by atomic mass is 16.5. The van der Waals surface area contributed by atoms with Crippen LogP contribution in [0, 0.1) is 0 Å². The van der Waals surface area contributed by atoms with Gasteiger partial charge in [-0.1, -0.05) is 6.42 Å². The minimum Gasteiger partial charge on any atom is -0.494 e. The summed E-state index contributed by atoms with van der Waals surface area (Å²) in [4.78, 5) is 13.1. The van der Waals surface area contributed by atoms with E-state index in [0.29, 0.717) is 5.56 Å². The molecular weight excluding hydrogens is 238 g/mol. The molecule has 104 valence electrons. The maximum atomic E-state index is 10.5. The fourth-order valence-electron chi connectivity index (χ4n) is 2.59. The summed E-state index contributed by atoms with van der Waals surface area (Å²) in [5.74, 6) is 0.845. The van der Waals surface area contributed by atoms with Crippen molar-refractivity contribution in [2.24, 2.45) is 0 Å². The molecule has 1 aromatic rings. The number of rotatable bonds is 6. The third-order valence-electron chi connectivity index (χ3n) is 3.82. The molecule has 3 heteroatoms. The van der Waals surface area contributed by atoms with Gasteiger partial charge in [-0.2, -0.15) is 0 Å². The Morgan fingerprint density at radius 2 is 2.11 bits per heavy atom. The molecule has 0 N–H and O–H groups in total. The standard InChI is InChI=1S/C16H23NO2/c1-14-5-2-3-10-17(14)11-4-12-19-16-8-6-15(13-18)7-9-16/h6-9,13-14H,2-5,10-12H2,1H3. The lowest BCUT2D eigenvalue weighted by Gasteiger charge is -2.33. The van der Waals surface area contributed by atoms with E-state index in [1.807, 2.05) is 12.1 Å². The van der Waals surface area contributed by atoms with Crippen LogP contribution in [-0.4, -0.2) is 36.9 Å². The molecule has 1 saturated heterocycles. The van der Waals surface area contributed by atoms with Gasteiger partial charge in [0.25, 0.3) is 0 Å². The third kappa shape index (κ3) is 4.35. The van der Waals surface area contributed by atoms with Gasteiger partial charge in [-0.3, -0.25) is 4.79 Å². The Kier molecular flexibility index (Phi) is 5.40. The van der Waals surface area contributed by atoms with Crippen molar-refractivity contribution in [3.05, 3.63) is 29.8 Å². The number of benzene rings is 1. The highest BCUT2D eigenvalue weighted by Crippen LogP contribution is 2.16. The lowest BCUT2D eigenvalue weighted by atomic mass is 10.0. The largest absolute Gasteiger partial charge is 0.494 e. The van der Waals surface area contributed by atoms with Crippen LogP contribution in [0.3, 0.4) is 0 Å². The summed E-state index contributed by atoms with van der Waals surface area (Å²) < 4.78 is 5.69. The number of ether oxygens (including phenoxy) is 1. The predicted molar refractivity (Wildman–Crippen MR) is 76.8 cm³/mol. The van der Waals surface area contributed by atoms with E-state index in [-0.39, 0.29) is 0 Å². The molecule has 0 bridgehead atoms. The zero-order valence-electron chi connectivity index (χ0n) is 11.7. The van der Waals surface area contributed by atoms with Crippen LogP contribution in [0.2, 0.25) is 0 Å². The minimum atomic E-state index is 0.689. The number of hydrogen-bond donors (Lipinski definition) is 0. The maximum absolute atomic E-state index is 10.5. The summed E-state index contributed by atoms with van der Waals surface area (Å²) in [7, 11) is 0. The third-order valence-corrected chi connectivity index (χ3v) is 3.82. The van der Waals surface area contributed by atoms with E-state index in [9.17, 15) is 4.79 Å². The molecule has 0 spiro atoms. The van der Waals surface area contributed by atoms with Crippen LogP contribution in [0.5, 0.6) is 5.75 Å². The van der Waals surface area contributed by atoms with E-state index < -0.39 is 0 Å². The molecular formula is C16H23NO2. The second kappa shape index (κ2) is 7.29. The Labute approximate surface area is 115 Å². The van der Waals surface area contributed by atoms with Crippen LogP contribution in [-0.2, 0) is 0 Å². The van der Waals surface area contributed by atoms with E-state index in [1.165, 1.54) is 25.8 Å². The number of nitrogens with zero attached hydrogens (tertiary/aromatic N) is 1. The molecule has 1 aliphatic rings. The number of piperidine rings is 1. The molecule has 0 aromatic heterocycles. The van der Waals surface area contributed by atoms with Crippen LogP contribution in [0.25, 0.3) is 0 Å². The van der Waals surface area contributed by atoms with Crippen molar-refractivity contribution in [3.63, 3.8) is 0 Å². The van der Waals surface area contributed by atoms with E-state index in [0.717, 1.165) is 37.6 Å². The molecule has 3 nitrogen and oxygen atoms in total. The summed E-state index contributed by atoms with van der Waals surface area (Å²) >= 11 is 0. The first-order valence-corrected chi connectivity index (χ1v) is 7.21. The molecule has 1 heterocycles.